The lowest BCUT2D eigenvalue weighted by atomic mass is 9.95. The molecule has 0 fully saturated rings. The predicted octanol–water partition coefficient (Wildman–Crippen LogP) is 3.22. The van der Waals surface area contributed by atoms with Gasteiger partial charge in [-0.15, -0.1) is 0 Å². The van der Waals surface area contributed by atoms with Crippen molar-refractivity contribution in [1.29, 1.82) is 5.26 Å². The fourth-order valence-electron chi connectivity index (χ4n) is 2.97. The summed E-state index contributed by atoms with van der Waals surface area (Å²) in [6.45, 7) is 5.98. The Morgan fingerprint density at radius 1 is 1.12 bits per heavy atom. The number of ketones is 1. The first-order valence-corrected chi connectivity index (χ1v) is 8.17. The zero-order valence-corrected chi connectivity index (χ0v) is 15.0. The molecule has 0 aliphatic carbocycles. The van der Waals surface area contributed by atoms with Crippen LogP contribution in [0.4, 0.5) is 0 Å². The molecule has 1 heterocycles. The summed E-state index contributed by atoms with van der Waals surface area (Å²) in [4.78, 5) is 27.1. The first-order chi connectivity index (χ1) is 12.2. The number of Topliss-reactive ketones (excluding diaryl/α,β-unsaturated/α-hetero) is 1. The number of aromatic nitrogens is 1. The minimum absolute atomic E-state index is 0.0453. The second-order valence-corrected chi connectivity index (χ2v) is 6.34. The van der Waals surface area contributed by atoms with Crippen LogP contribution in [0.25, 0.3) is 0 Å². The van der Waals surface area contributed by atoms with Crippen LogP contribution in [0.1, 0.15) is 56.8 Å². The number of benzene rings is 1. The third-order valence-corrected chi connectivity index (χ3v) is 4.19. The number of aliphatic carboxylic acids is 1. The van der Waals surface area contributed by atoms with Gasteiger partial charge in [0.15, 0.2) is 11.5 Å². The van der Waals surface area contributed by atoms with E-state index >= 15 is 0 Å². The van der Waals surface area contributed by atoms with E-state index in [-0.39, 0.29) is 24.1 Å². The molecule has 0 aliphatic rings. The maximum atomic E-state index is 12.2. The van der Waals surface area contributed by atoms with Crippen molar-refractivity contribution in [1.82, 2.24) is 4.98 Å². The molecule has 0 aliphatic heterocycles. The van der Waals surface area contributed by atoms with Crippen molar-refractivity contribution in [3.63, 3.8) is 0 Å². The number of carboxylic acid groups (broad SMARTS) is 1. The van der Waals surface area contributed by atoms with Crippen LogP contribution in [0, 0.1) is 32.1 Å². The summed E-state index contributed by atoms with van der Waals surface area (Å²) < 4.78 is 0. The highest BCUT2D eigenvalue weighted by Gasteiger charge is 2.20. The molecular formula is C20H20N2O4. The fourth-order valence-corrected chi connectivity index (χ4v) is 2.97. The lowest BCUT2D eigenvalue weighted by Crippen LogP contribution is -2.09. The first-order valence-electron chi connectivity index (χ1n) is 8.17. The van der Waals surface area contributed by atoms with Gasteiger partial charge >= 0.3 is 5.97 Å². The molecule has 0 bridgehead atoms. The highest BCUT2D eigenvalue weighted by Crippen LogP contribution is 2.26. The van der Waals surface area contributed by atoms with Gasteiger partial charge in [-0.1, -0.05) is 17.7 Å². The first kappa shape index (κ1) is 19.1. The number of hydrogen-bond acceptors (Lipinski definition) is 5. The van der Waals surface area contributed by atoms with Gasteiger partial charge in [0.05, 0.1) is 12.0 Å². The van der Waals surface area contributed by atoms with Gasteiger partial charge in [-0.3, -0.25) is 9.59 Å². The number of pyridine rings is 1. The molecule has 0 radical (unpaired) electrons. The Labute approximate surface area is 151 Å². The maximum absolute atomic E-state index is 12.2. The van der Waals surface area contributed by atoms with Gasteiger partial charge in [-0.2, -0.15) is 5.26 Å². The SMILES string of the molecule is Cc1cc(C)c(Cc2cc(C#N)c(O)c(C(=O)CCC(=O)O)n2)c(C)c1. The van der Waals surface area contributed by atoms with E-state index in [1.165, 1.54) is 6.07 Å². The van der Waals surface area contributed by atoms with Gasteiger partial charge in [-0.05, 0) is 43.5 Å². The standard InChI is InChI=1S/C20H20N2O4/c1-11-6-12(2)16(13(3)7-11)9-15-8-14(10-21)20(26)19(22-15)17(23)4-5-18(24)25/h6-8,26H,4-5,9H2,1-3H3,(H,24,25). The molecule has 134 valence electrons. The number of rotatable bonds is 6. The minimum Gasteiger partial charge on any atom is -0.504 e. The Hall–Kier alpha value is -3.20. The number of aromatic hydroxyl groups is 1. The lowest BCUT2D eigenvalue weighted by Gasteiger charge is -2.13. The Morgan fingerprint density at radius 2 is 1.73 bits per heavy atom. The van der Waals surface area contributed by atoms with Crippen LogP contribution in [0.5, 0.6) is 5.75 Å². The van der Waals surface area contributed by atoms with E-state index in [2.05, 4.69) is 4.98 Å². The van der Waals surface area contributed by atoms with Crippen LogP contribution < -0.4 is 0 Å². The van der Waals surface area contributed by atoms with Crippen molar-refractivity contribution in [2.24, 2.45) is 0 Å². The number of hydrogen-bond donors (Lipinski definition) is 2. The summed E-state index contributed by atoms with van der Waals surface area (Å²) in [6.07, 6.45) is -0.235. The zero-order valence-electron chi connectivity index (χ0n) is 15.0. The summed E-state index contributed by atoms with van der Waals surface area (Å²) in [5.74, 6) is -2.20. The minimum atomic E-state index is -1.11. The molecule has 6 nitrogen and oxygen atoms in total. The second-order valence-electron chi connectivity index (χ2n) is 6.34. The molecule has 2 rings (SSSR count). The average molecular weight is 352 g/mol. The number of nitriles is 1. The summed E-state index contributed by atoms with van der Waals surface area (Å²) in [6, 6.07) is 7.42. The second kappa shape index (κ2) is 7.79. The van der Waals surface area contributed by atoms with Crippen LogP contribution in [0.15, 0.2) is 18.2 Å². The quantitative estimate of drug-likeness (QED) is 0.772. The third kappa shape index (κ3) is 4.25. The molecule has 0 saturated carbocycles. The Kier molecular flexibility index (Phi) is 5.73. The van der Waals surface area contributed by atoms with Crippen LogP contribution >= 0.6 is 0 Å². The Balaban J connectivity index is 2.44. The largest absolute Gasteiger partial charge is 0.504 e. The van der Waals surface area contributed by atoms with Gasteiger partial charge < -0.3 is 10.2 Å². The third-order valence-electron chi connectivity index (χ3n) is 4.19. The maximum Gasteiger partial charge on any atom is 0.303 e. The smallest absolute Gasteiger partial charge is 0.303 e. The van der Waals surface area contributed by atoms with E-state index in [9.17, 15) is 20.0 Å². The zero-order chi connectivity index (χ0) is 19.4. The van der Waals surface area contributed by atoms with Crippen LogP contribution in [0.2, 0.25) is 0 Å². The van der Waals surface area contributed by atoms with E-state index in [0.717, 1.165) is 22.3 Å². The normalized spacial score (nSPS) is 10.4. The molecule has 0 saturated heterocycles. The molecule has 0 atom stereocenters. The summed E-state index contributed by atoms with van der Waals surface area (Å²) >= 11 is 0. The number of nitrogens with zero attached hydrogens (tertiary/aromatic N) is 2. The average Bonchev–Trinajstić information content (AvgIpc) is 2.56. The molecule has 1 aromatic heterocycles. The van der Waals surface area contributed by atoms with Crippen LogP contribution in [-0.4, -0.2) is 26.9 Å². The summed E-state index contributed by atoms with van der Waals surface area (Å²) in [7, 11) is 0. The van der Waals surface area contributed by atoms with Crippen molar-refractivity contribution in [3.8, 4) is 11.8 Å². The van der Waals surface area contributed by atoms with Crippen molar-refractivity contribution in [2.75, 3.05) is 0 Å². The van der Waals surface area contributed by atoms with Gasteiger partial charge in [-0.25, -0.2) is 4.98 Å². The fraction of sp³-hybridized carbons (Fsp3) is 0.300. The number of aryl methyl sites for hydroxylation is 3. The predicted molar refractivity (Wildman–Crippen MR) is 95.3 cm³/mol. The Morgan fingerprint density at radius 3 is 2.27 bits per heavy atom. The number of carbonyl (C=O) groups excluding carboxylic acids is 1. The van der Waals surface area contributed by atoms with Gasteiger partial charge in [0.25, 0.3) is 0 Å². The van der Waals surface area contributed by atoms with Gasteiger partial charge in [0, 0.05) is 18.5 Å². The molecule has 6 heteroatoms. The van der Waals surface area contributed by atoms with E-state index in [1.807, 2.05) is 39.0 Å². The van der Waals surface area contributed by atoms with Crippen LogP contribution in [-0.2, 0) is 11.2 Å². The molecule has 0 unspecified atom stereocenters. The van der Waals surface area contributed by atoms with E-state index < -0.39 is 17.5 Å². The number of carboxylic acids is 1. The van der Waals surface area contributed by atoms with Gasteiger partial charge in [0.2, 0.25) is 0 Å². The van der Waals surface area contributed by atoms with E-state index in [0.29, 0.717) is 12.1 Å². The number of carbonyl (C=O) groups is 2. The molecule has 2 N–H and O–H groups in total. The highest BCUT2D eigenvalue weighted by atomic mass is 16.4. The van der Waals surface area contributed by atoms with Gasteiger partial charge in [0.1, 0.15) is 11.8 Å². The molecule has 26 heavy (non-hydrogen) atoms. The highest BCUT2D eigenvalue weighted by molar-refractivity contribution is 5.98. The lowest BCUT2D eigenvalue weighted by molar-refractivity contribution is -0.136. The van der Waals surface area contributed by atoms with E-state index in [4.69, 9.17) is 5.11 Å². The van der Waals surface area contributed by atoms with Crippen molar-refractivity contribution >= 4 is 11.8 Å². The monoisotopic (exact) mass is 352 g/mol. The Bertz CT molecular complexity index is 903. The van der Waals surface area contributed by atoms with E-state index in [1.54, 1.807) is 0 Å². The summed E-state index contributed by atoms with van der Waals surface area (Å²) in [5.41, 5.74) is 4.53. The van der Waals surface area contributed by atoms with Crippen molar-refractivity contribution in [3.05, 3.63) is 57.4 Å². The molecule has 0 spiro atoms. The van der Waals surface area contributed by atoms with Crippen molar-refractivity contribution in [2.45, 2.75) is 40.0 Å². The molecule has 1 aromatic carbocycles. The molecule has 0 amide bonds. The van der Waals surface area contributed by atoms with Crippen molar-refractivity contribution < 1.29 is 19.8 Å². The molecule has 2 aromatic rings. The van der Waals surface area contributed by atoms with Crippen LogP contribution in [0.3, 0.4) is 0 Å². The summed E-state index contributed by atoms with van der Waals surface area (Å²) in [5, 5.41) is 28.1. The molecular weight excluding hydrogens is 332 g/mol. The topological polar surface area (TPSA) is 111 Å².